The average molecular weight is 314 g/mol. The van der Waals surface area contributed by atoms with Crippen molar-refractivity contribution >= 4 is 7.12 Å². The lowest BCUT2D eigenvalue weighted by Gasteiger charge is -2.32. The molecule has 1 unspecified atom stereocenters. The van der Waals surface area contributed by atoms with Crippen LogP contribution in [0.3, 0.4) is 0 Å². The van der Waals surface area contributed by atoms with Gasteiger partial charge >= 0.3 is 7.12 Å². The Morgan fingerprint density at radius 2 is 1.55 bits per heavy atom. The predicted octanol–water partition coefficient (Wildman–Crippen LogP) is 2.98. The van der Waals surface area contributed by atoms with Crippen molar-refractivity contribution in [3.63, 3.8) is 0 Å². The van der Waals surface area contributed by atoms with Crippen LogP contribution >= 0.6 is 0 Å². The standard InChI is InChI=1S/C16H31BO5/c1-13(9-10-14(18-6)19-7)20-12-8-11-17-21-15(2,3)16(4,5)22-17/h8,11,13-14H,9-10,12H2,1-7H3/b11-8+. The molecule has 0 aromatic heterocycles. The van der Waals surface area contributed by atoms with E-state index in [9.17, 15) is 0 Å². The Labute approximate surface area is 135 Å². The van der Waals surface area contributed by atoms with E-state index in [0.29, 0.717) is 6.61 Å². The number of ether oxygens (including phenoxy) is 3. The van der Waals surface area contributed by atoms with Crippen LogP contribution in [-0.4, -0.2) is 51.5 Å². The maximum Gasteiger partial charge on any atom is 0.486 e. The van der Waals surface area contributed by atoms with Gasteiger partial charge in [0.25, 0.3) is 0 Å². The first-order valence-corrected chi connectivity index (χ1v) is 7.91. The largest absolute Gasteiger partial charge is 0.486 e. The molecule has 0 aromatic rings. The molecule has 0 saturated carbocycles. The molecule has 1 rings (SSSR count). The van der Waals surface area contributed by atoms with E-state index < -0.39 is 0 Å². The Bertz CT molecular complexity index is 336. The van der Waals surface area contributed by atoms with Gasteiger partial charge in [-0.3, -0.25) is 0 Å². The Balaban J connectivity index is 2.24. The second-order valence-electron chi connectivity index (χ2n) is 6.68. The molecule has 1 heterocycles. The second kappa shape index (κ2) is 8.46. The van der Waals surface area contributed by atoms with Crippen LogP contribution in [0.1, 0.15) is 47.5 Å². The summed E-state index contributed by atoms with van der Waals surface area (Å²) in [4.78, 5) is 0. The Morgan fingerprint density at radius 1 is 1.00 bits per heavy atom. The van der Waals surface area contributed by atoms with Crippen molar-refractivity contribution in [2.24, 2.45) is 0 Å². The first kappa shape index (κ1) is 19.7. The molecule has 0 N–H and O–H groups in total. The quantitative estimate of drug-likeness (QED) is 0.484. The Morgan fingerprint density at radius 3 is 2.05 bits per heavy atom. The minimum atomic E-state index is -0.310. The van der Waals surface area contributed by atoms with Crippen molar-refractivity contribution < 1.29 is 23.5 Å². The molecule has 0 spiro atoms. The summed E-state index contributed by atoms with van der Waals surface area (Å²) in [6.07, 6.45) is 3.64. The van der Waals surface area contributed by atoms with Gasteiger partial charge in [-0.2, -0.15) is 0 Å². The van der Waals surface area contributed by atoms with E-state index in [1.165, 1.54) is 0 Å². The fraction of sp³-hybridized carbons (Fsp3) is 0.875. The fourth-order valence-corrected chi connectivity index (χ4v) is 2.14. The SMILES string of the molecule is COC(CCC(C)OC/C=C/B1OC(C)(C)C(C)(C)O1)OC. The van der Waals surface area contributed by atoms with Crippen LogP contribution in [0.4, 0.5) is 0 Å². The molecular formula is C16H31BO5. The average Bonchev–Trinajstić information content (AvgIpc) is 2.64. The minimum absolute atomic E-state index is 0.149. The van der Waals surface area contributed by atoms with E-state index in [1.807, 2.05) is 46.7 Å². The molecule has 0 radical (unpaired) electrons. The summed E-state index contributed by atoms with van der Waals surface area (Å²) in [5, 5.41) is 0. The topological polar surface area (TPSA) is 46.2 Å². The maximum absolute atomic E-state index is 5.88. The smallest absolute Gasteiger partial charge is 0.400 e. The summed E-state index contributed by atoms with van der Waals surface area (Å²) in [5.74, 6) is 1.91. The lowest BCUT2D eigenvalue weighted by molar-refractivity contribution is -0.111. The molecule has 1 aliphatic rings. The summed E-state index contributed by atoms with van der Waals surface area (Å²) in [5.41, 5.74) is -0.600. The number of methoxy groups -OCH3 is 2. The van der Waals surface area contributed by atoms with Gasteiger partial charge in [0.15, 0.2) is 6.29 Å². The molecule has 0 bridgehead atoms. The molecule has 6 heteroatoms. The van der Waals surface area contributed by atoms with E-state index in [2.05, 4.69) is 0 Å². The van der Waals surface area contributed by atoms with Crippen LogP contribution in [0.25, 0.3) is 0 Å². The molecule has 1 atom stereocenters. The molecule has 0 amide bonds. The van der Waals surface area contributed by atoms with Crippen molar-refractivity contribution in [1.82, 2.24) is 0 Å². The van der Waals surface area contributed by atoms with Crippen LogP contribution in [0, 0.1) is 0 Å². The highest BCUT2D eigenvalue weighted by Crippen LogP contribution is 2.36. The molecular weight excluding hydrogens is 283 g/mol. The van der Waals surface area contributed by atoms with Crippen LogP contribution in [0.5, 0.6) is 0 Å². The number of hydrogen-bond acceptors (Lipinski definition) is 5. The lowest BCUT2D eigenvalue weighted by Crippen LogP contribution is -2.41. The third-order valence-electron chi connectivity index (χ3n) is 4.38. The predicted molar refractivity (Wildman–Crippen MR) is 87.7 cm³/mol. The van der Waals surface area contributed by atoms with Gasteiger partial charge in [-0.05, 0) is 41.0 Å². The zero-order chi connectivity index (χ0) is 16.8. The normalized spacial score (nSPS) is 21.9. The maximum atomic E-state index is 5.88. The van der Waals surface area contributed by atoms with Crippen molar-refractivity contribution in [3.05, 3.63) is 12.1 Å². The zero-order valence-electron chi connectivity index (χ0n) is 15.0. The van der Waals surface area contributed by atoms with Crippen LogP contribution in [0.15, 0.2) is 12.1 Å². The summed E-state index contributed by atoms with van der Waals surface area (Å²) in [7, 11) is 2.98. The molecule has 1 aliphatic heterocycles. The lowest BCUT2D eigenvalue weighted by atomic mass is 9.90. The van der Waals surface area contributed by atoms with Gasteiger partial charge in [-0.25, -0.2) is 0 Å². The van der Waals surface area contributed by atoms with Crippen molar-refractivity contribution in [3.8, 4) is 0 Å². The summed E-state index contributed by atoms with van der Waals surface area (Å²) in [6.45, 7) is 10.8. The minimum Gasteiger partial charge on any atom is -0.400 e. The molecule has 0 aromatic carbocycles. The highest BCUT2D eigenvalue weighted by molar-refractivity contribution is 6.51. The molecule has 0 aliphatic carbocycles. The van der Waals surface area contributed by atoms with Gasteiger partial charge in [-0.1, -0.05) is 12.1 Å². The molecule has 1 saturated heterocycles. The van der Waals surface area contributed by atoms with Crippen molar-refractivity contribution in [2.45, 2.75) is 71.1 Å². The van der Waals surface area contributed by atoms with E-state index >= 15 is 0 Å². The Hall–Kier alpha value is -0.395. The van der Waals surface area contributed by atoms with Crippen molar-refractivity contribution in [1.29, 1.82) is 0 Å². The van der Waals surface area contributed by atoms with Gasteiger partial charge in [0, 0.05) is 20.6 Å². The number of rotatable bonds is 9. The van der Waals surface area contributed by atoms with Crippen LogP contribution in [-0.2, 0) is 23.5 Å². The third kappa shape index (κ3) is 5.67. The summed E-state index contributed by atoms with van der Waals surface area (Å²) in [6, 6.07) is 0. The zero-order valence-corrected chi connectivity index (χ0v) is 15.0. The Kier molecular flexibility index (Phi) is 7.55. The van der Waals surface area contributed by atoms with Gasteiger partial charge < -0.3 is 23.5 Å². The van der Waals surface area contributed by atoms with E-state index in [-0.39, 0.29) is 30.7 Å². The molecule has 22 heavy (non-hydrogen) atoms. The first-order chi connectivity index (χ1) is 10.2. The first-order valence-electron chi connectivity index (χ1n) is 7.91. The number of hydrogen-bond donors (Lipinski definition) is 0. The highest BCUT2D eigenvalue weighted by Gasteiger charge is 2.49. The summed E-state index contributed by atoms with van der Waals surface area (Å²) < 4.78 is 27.8. The molecule has 128 valence electrons. The van der Waals surface area contributed by atoms with E-state index in [4.69, 9.17) is 23.5 Å². The summed E-state index contributed by atoms with van der Waals surface area (Å²) >= 11 is 0. The van der Waals surface area contributed by atoms with Gasteiger partial charge in [0.2, 0.25) is 0 Å². The monoisotopic (exact) mass is 314 g/mol. The van der Waals surface area contributed by atoms with Crippen LogP contribution in [0.2, 0.25) is 0 Å². The third-order valence-corrected chi connectivity index (χ3v) is 4.38. The molecule has 1 fully saturated rings. The van der Waals surface area contributed by atoms with Gasteiger partial charge in [-0.15, -0.1) is 0 Å². The van der Waals surface area contributed by atoms with Crippen LogP contribution < -0.4 is 0 Å². The van der Waals surface area contributed by atoms with Crippen molar-refractivity contribution in [2.75, 3.05) is 20.8 Å². The second-order valence-corrected chi connectivity index (χ2v) is 6.68. The van der Waals surface area contributed by atoms with E-state index in [0.717, 1.165) is 12.8 Å². The molecule has 5 nitrogen and oxygen atoms in total. The highest BCUT2D eigenvalue weighted by atomic mass is 16.7. The van der Waals surface area contributed by atoms with Gasteiger partial charge in [0.05, 0.1) is 23.9 Å². The van der Waals surface area contributed by atoms with E-state index in [1.54, 1.807) is 14.2 Å². The fourth-order valence-electron chi connectivity index (χ4n) is 2.14. The van der Waals surface area contributed by atoms with Gasteiger partial charge in [0.1, 0.15) is 0 Å².